The first-order valence-corrected chi connectivity index (χ1v) is 4.26. The molecule has 0 aliphatic heterocycles. The van der Waals surface area contributed by atoms with Crippen molar-refractivity contribution in [2.24, 2.45) is 0 Å². The van der Waals surface area contributed by atoms with Crippen LogP contribution in [0.3, 0.4) is 0 Å². The van der Waals surface area contributed by atoms with Gasteiger partial charge in [-0.1, -0.05) is 25.3 Å². The van der Waals surface area contributed by atoms with E-state index < -0.39 is 0 Å². The van der Waals surface area contributed by atoms with Crippen LogP contribution in [-0.4, -0.2) is 0 Å². The monoisotopic (exact) mass is 173 g/mol. The standard InChI is InChI=1S/C12H15N/c1-5-10-9(4)8(3)7-12(13)11(10)6-2/h5-7H,1-2,13H2,3-4H3. The van der Waals surface area contributed by atoms with Crippen LogP contribution in [0.4, 0.5) is 5.69 Å². The van der Waals surface area contributed by atoms with Gasteiger partial charge in [0.25, 0.3) is 0 Å². The van der Waals surface area contributed by atoms with E-state index in [1.807, 2.05) is 19.1 Å². The molecule has 0 radical (unpaired) electrons. The Morgan fingerprint density at radius 2 is 1.69 bits per heavy atom. The first-order chi connectivity index (χ1) is 6.11. The van der Waals surface area contributed by atoms with Crippen LogP contribution in [0.2, 0.25) is 0 Å². The maximum absolute atomic E-state index is 5.86. The maximum atomic E-state index is 5.86. The second-order valence-corrected chi connectivity index (χ2v) is 3.14. The zero-order valence-corrected chi connectivity index (χ0v) is 8.22. The number of nitrogens with two attached hydrogens (primary N) is 1. The van der Waals surface area contributed by atoms with Gasteiger partial charge in [-0.05, 0) is 36.6 Å². The number of hydrogen-bond acceptors (Lipinski definition) is 1. The zero-order valence-electron chi connectivity index (χ0n) is 8.22. The Hall–Kier alpha value is -1.50. The topological polar surface area (TPSA) is 26.0 Å². The van der Waals surface area contributed by atoms with Crippen molar-refractivity contribution in [1.82, 2.24) is 0 Å². The molecular weight excluding hydrogens is 158 g/mol. The van der Waals surface area contributed by atoms with Crippen LogP contribution in [0.25, 0.3) is 12.2 Å². The molecule has 0 fully saturated rings. The summed E-state index contributed by atoms with van der Waals surface area (Å²) in [6.07, 6.45) is 3.61. The lowest BCUT2D eigenvalue weighted by Crippen LogP contribution is -1.97. The molecule has 0 amide bonds. The van der Waals surface area contributed by atoms with Gasteiger partial charge in [-0.25, -0.2) is 0 Å². The summed E-state index contributed by atoms with van der Waals surface area (Å²) in [6.45, 7) is 11.6. The van der Waals surface area contributed by atoms with E-state index in [0.29, 0.717) is 0 Å². The zero-order chi connectivity index (χ0) is 10.0. The Morgan fingerprint density at radius 3 is 2.15 bits per heavy atom. The van der Waals surface area contributed by atoms with Gasteiger partial charge in [-0.15, -0.1) is 0 Å². The average Bonchev–Trinajstić information content (AvgIpc) is 2.10. The Balaban J connectivity index is 3.59. The Kier molecular flexibility index (Phi) is 2.57. The molecule has 1 rings (SSSR count). The van der Waals surface area contributed by atoms with E-state index in [1.54, 1.807) is 6.08 Å². The van der Waals surface area contributed by atoms with E-state index in [9.17, 15) is 0 Å². The number of nitrogen functional groups attached to an aromatic ring is 1. The van der Waals surface area contributed by atoms with E-state index in [2.05, 4.69) is 20.1 Å². The minimum absolute atomic E-state index is 0.771. The van der Waals surface area contributed by atoms with Crippen molar-refractivity contribution in [3.05, 3.63) is 41.5 Å². The predicted molar refractivity (Wildman–Crippen MR) is 60.5 cm³/mol. The number of aryl methyl sites for hydroxylation is 1. The molecular formula is C12H15N. The SMILES string of the molecule is C=Cc1c(N)cc(C)c(C)c1C=C. The average molecular weight is 173 g/mol. The Labute approximate surface area is 79.6 Å². The summed E-state index contributed by atoms with van der Waals surface area (Å²) in [5, 5.41) is 0. The molecule has 1 aromatic carbocycles. The molecule has 0 aromatic heterocycles. The molecule has 0 saturated heterocycles. The minimum atomic E-state index is 0.771. The first-order valence-electron chi connectivity index (χ1n) is 4.26. The minimum Gasteiger partial charge on any atom is -0.398 e. The predicted octanol–water partition coefficient (Wildman–Crippen LogP) is 3.17. The van der Waals surface area contributed by atoms with Crippen LogP contribution in [0, 0.1) is 13.8 Å². The number of anilines is 1. The van der Waals surface area contributed by atoms with Gasteiger partial charge in [0.15, 0.2) is 0 Å². The molecule has 0 bridgehead atoms. The molecule has 1 nitrogen and oxygen atoms in total. The van der Waals surface area contributed by atoms with E-state index >= 15 is 0 Å². The second kappa shape index (κ2) is 3.48. The summed E-state index contributed by atoms with van der Waals surface area (Å²) < 4.78 is 0. The summed E-state index contributed by atoms with van der Waals surface area (Å²) in [6, 6.07) is 1.97. The Morgan fingerprint density at radius 1 is 1.15 bits per heavy atom. The van der Waals surface area contributed by atoms with Gasteiger partial charge in [-0.2, -0.15) is 0 Å². The third-order valence-electron chi connectivity index (χ3n) is 2.38. The van der Waals surface area contributed by atoms with Crippen molar-refractivity contribution in [3.63, 3.8) is 0 Å². The van der Waals surface area contributed by atoms with Gasteiger partial charge < -0.3 is 5.73 Å². The number of hydrogen-bond donors (Lipinski definition) is 1. The lowest BCUT2D eigenvalue weighted by molar-refractivity contribution is 1.32. The molecule has 0 unspecified atom stereocenters. The van der Waals surface area contributed by atoms with Crippen LogP contribution in [0.5, 0.6) is 0 Å². The van der Waals surface area contributed by atoms with Crippen molar-refractivity contribution in [3.8, 4) is 0 Å². The molecule has 0 spiro atoms. The van der Waals surface area contributed by atoms with E-state index in [1.165, 1.54) is 11.1 Å². The fraction of sp³-hybridized carbons (Fsp3) is 0.167. The highest BCUT2D eigenvalue weighted by molar-refractivity contribution is 5.76. The summed E-state index contributed by atoms with van der Waals surface area (Å²) in [7, 11) is 0. The van der Waals surface area contributed by atoms with Crippen molar-refractivity contribution in [1.29, 1.82) is 0 Å². The highest BCUT2D eigenvalue weighted by Gasteiger charge is 2.06. The third kappa shape index (κ3) is 1.50. The molecule has 13 heavy (non-hydrogen) atoms. The molecule has 0 heterocycles. The largest absolute Gasteiger partial charge is 0.398 e. The van der Waals surface area contributed by atoms with Gasteiger partial charge in [0.2, 0.25) is 0 Å². The van der Waals surface area contributed by atoms with Gasteiger partial charge in [0, 0.05) is 11.3 Å². The van der Waals surface area contributed by atoms with Crippen LogP contribution in [0.15, 0.2) is 19.2 Å². The normalized spacial score (nSPS) is 9.69. The van der Waals surface area contributed by atoms with Crippen molar-refractivity contribution < 1.29 is 0 Å². The number of rotatable bonds is 2. The third-order valence-corrected chi connectivity index (χ3v) is 2.38. The van der Waals surface area contributed by atoms with Crippen LogP contribution in [-0.2, 0) is 0 Å². The Bertz CT molecular complexity index is 362. The smallest absolute Gasteiger partial charge is 0.0396 e. The van der Waals surface area contributed by atoms with Crippen LogP contribution >= 0.6 is 0 Å². The fourth-order valence-corrected chi connectivity index (χ4v) is 1.48. The van der Waals surface area contributed by atoms with E-state index in [4.69, 9.17) is 5.73 Å². The number of benzene rings is 1. The quantitative estimate of drug-likeness (QED) is 0.683. The molecule has 0 aliphatic rings. The molecule has 68 valence electrons. The van der Waals surface area contributed by atoms with E-state index in [-0.39, 0.29) is 0 Å². The highest BCUT2D eigenvalue weighted by Crippen LogP contribution is 2.26. The van der Waals surface area contributed by atoms with Crippen LogP contribution in [0.1, 0.15) is 22.3 Å². The molecule has 0 aliphatic carbocycles. The van der Waals surface area contributed by atoms with E-state index in [0.717, 1.165) is 16.8 Å². The summed E-state index contributed by atoms with van der Waals surface area (Å²) in [5.41, 5.74) is 11.1. The van der Waals surface area contributed by atoms with Crippen molar-refractivity contribution >= 4 is 17.8 Å². The molecule has 0 atom stereocenters. The lowest BCUT2D eigenvalue weighted by Gasteiger charge is -2.11. The molecule has 1 aromatic rings. The summed E-state index contributed by atoms with van der Waals surface area (Å²) in [4.78, 5) is 0. The van der Waals surface area contributed by atoms with Gasteiger partial charge in [0.1, 0.15) is 0 Å². The van der Waals surface area contributed by atoms with Gasteiger partial charge in [0.05, 0.1) is 0 Å². The second-order valence-electron chi connectivity index (χ2n) is 3.14. The lowest BCUT2D eigenvalue weighted by atomic mass is 9.96. The van der Waals surface area contributed by atoms with Crippen LogP contribution < -0.4 is 5.73 Å². The van der Waals surface area contributed by atoms with Gasteiger partial charge in [-0.3, -0.25) is 0 Å². The molecule has 2 N–H and O–H groups in total. The van der Waals surface area contributed by atoms with Gasteiger partial charge >= 0.3 is 0 Å². The van der Waals surface area contributed by atoms with Crippen molar-refractivity contribution in [2.75, 3.05) is 5.73 Å². The van der Waals surface area contributed by atoms with Crippen molar-refractivity contribution in [2.45, 2.75) is 13.8 Å². The summed E-state index contributed by atoms with van der Waals surface area (Å²) in [5.74, 6) is 0. The summed E-state index contributed by atoms with van der Waals surface area (Å²) >= 11 is 0. The molecule has 1 heteroatoms. The first kappa shape index (κ1) is 9.59. The maximum Gasteiger partial charge on any atom is 0.0396 e. The molecule has 0 saturated carbocycles. The highest BCUT2D eigenvalue weighted by atomic mass is 14.6. The fourth-order valence-electron chi connectivity index (χ4n) is 1.48.